The average Bonchev–Trinajstić information content (AvgIpc) is 3.87. The molecule has 0 saturated carbocycles. The predicted octanol–water partition coefficient (Wildman–Crippen LogP) is 11.7. The van der Waals surface area contributed by atoms with Crippen LogP contribution in [0.1, 0.15) is 22.8 Å². The van der Waals surface area contributed by atoms with Gasteiger partial charge in [-0.2, -0.15) is 0 Å². The number of furan rings is 1. The van der Waals surface area contributed by atoms with Gasteiger partial charge in [0.2, 0.25) is 0 Å². The second-order valence-electron chi connectivity index (χ2n) is 13.1. The van der Waals surface area contributed by atoms with Gasteiger partial charge in [0.15, 0.2) is 17.5 Å². The summed E-state index contributed by atoms with van der Waals surface area (Å²) < 4.78 is 9.02. The molecular formula is C45H28N4OS. The van der Waals surface area contributed by atoms with Gasteiger partial charge in [0.1, 0.15) is 11.3 Å². The number of anilines is 2. The molecule has 240 valence electrons. The van der Waals surface area contributed by atoms with Crippen LogP contribution >= 0.6 is 11.3 Å². The molecule has 1 aliphatic heterocycles. The standard InChI is InChI=1S/C45H28N4OS/c1-3-12-27(13-4-1)43-46-44(48-45(47-43)32-18-11-21-39-40(32)31-17-8-10-20-38(31)51-39)28-22-24-36-33(26-28)42-37(50-36)25-23-35-41(42)30-16-7-9-19-34(30)49(35)29-14-5-2-6-15-29/h1-26,35,41H. The average molecular weight is 673 g/mol. The third-order valence-electron chi connectivity index (χ3n) is 10.3. The van der Waals surface area contributed by atoms with Gasteiger partial charge < -0.3 is 9.32 Å². The lowest BCUT2D eigenvalue weighted by Crippen LogP contribution is -2.30. The van der Waals surface area contributed by atoms with Gasteiger partial charge in [-0.1, -0.05) is 103 Å². The minimum Gasteiger partial charge on any atom is -0.456 e. The molecule has 4 heterocycles. The molecule has 5 nitrogen and oxygen atoms in total. The Bertz CT molecular complexity index is 2840. The fourth-order valence-corrected chi connectivity index (χ4v) is 9.23. The van der Waals surface area contributed by atoms with E-state index in [2.05, 4.69) is 144 Å². The number of aromatic nitrogens is 3. The van der Waals surface area contributed by atoms with Crippen LogP contribution in [0.15, 0.2) is 156 Å². The molecule has 6 aromatic carbocycles. The van der Waals surface area contributed by atoms with E-state index < -0.39 is 0 Å². The van der Waals surface area contributed by atoms with Gasteiger partial charge in [-0.25, -0.2) is 15.0 Å². The van der Waals surface area contributed by atoms with E-state index in [1.54, 1.807) is 11.3 Å². The molecule has 0 fully saturated rings. The molecule has 0 radical (unpaired) electrons. The fourth-order valence-electron chi connectivity index (χ4n) is 8.09. The molecule has 51 heavy (non-hydrogen) atoms. The van der Waals surface area contributed by atoms with E-state index in [1.807, 2.05) is 18.2 Å². The highest BCUT2D eigenvalue weighted by Gasteiger charge is 2.43. The van der Waals surface area contributed by atoms with Crippen molar-refractivity contribution in [3.05, 3.63) is 169 Å². The van der Waals surface area contributed by atoms with Crippen molar-refractivity contribution in [2.24, 2.45) is 0 Å². The van der Waals surface area contributed by atoms with Gasteiger partial charge in [-0.05, 0) is 60.2 Å². The summed E-state index contributed by atoms with van der Waals surface area (Å²) in [4.78, 5) is 17.9. The Kier molecular flexibility index (Phi) is 6.18. The maximum atomic E-state index is 6.55. The molecule has 2 aliphatic rings. The van der Waals surface area contributed by atoms with E-state index >= 15 is 0 Å². The van der Waals surface area contributed by atoms with Gasteiger partial charge in [0, 0.05) is 65.1 Å². The van der Waals surface area contributed by atoms with Gasteiger partial charge in [-0.3, -0.25) is 0 Å². The van der Waals surface area contributed by atoms with Gasteiger partial charge in [-0.15, -0.1) is 11.3 Å². The van der Waals surface area contributed by atoms with Gasteiger partial charge in [0.05, 0.1) is 6.04 Å². The number of hydrogen-bond donors (Lipinski definition) is 0. The third kappa shape index (κ3) is 4.36. The highest BCUT2D eigenvalue weighted by molar-refractivity contribution is 7.25. The van der Waals surface area contributed by atoms with Crippen LogP contribution in [-0.4, -0.2) is 21.0 Å². The summed E-state index contributed by atoms with van der Waals surface area (Å²) in [6.45, 7) is 0. The molecular weight excluding hydrogens is 645 g/mol. The molecule has 2 unspecified atom stereocenters. The quantitative estimate of drug-likeness (QED) is 0.186. The molecule has 0 N–H and O–H groups in total. The summed E-state index contributed by atoms with van der Waals surface area (Å²) in [5, 5.41) is 3.47. The third-order valence-corrected chi connectivity index (χ3v) is 11.4. The zero-order valence-corrected chi connectivity index (χ0v) is 28.1. The van der Waals surface area contributed by atoms with E-state index in [4.69, 9.17) is 19.4 Å². The number of fused-ring (bicyclic) bond motifs is 10. The summed E-state index contributed by atoms with van der Waals surface area (Å²) in [5.74, 6) is 2.95. The highest BCUT2D eigenvalue weighted by Crippen LogP contribution is 2.53. The summed E-state index contributed by atoms with van der Waals surface area (Å²) in [7, 11) is 0. The first-order chi connectivity index (χ1) is 25.3. The molecule has 3 aromatic heterocycles. The minimum atomic E-state index is 0.108. The summed E-state index contributed by atoms with van der Waals surface area (Å²) in [6.07, 6.45) is 4.45. The van der Waals surface area contributed by atoms with E-state index in [9.17, 15) is 0 Å². The summed E-state index contributed by atoms with van der Waals surface area (Å²) in [6, 6.07) is 51.1. The highest BCUT2D eigenvalue weighted by atomic mass is 32.1. The second-order valence-corrected chi connectivity index (χ2v) is 14.2. The number of para-hydroxylation sites is 2. The van der Waals surface area contributed by atoms with Gasteiger partial charge in [0.25, 0.3) is 0 Å². The van der Waals surface area contributed by atoms with Crippen LogP contribution in [0.2, 0.25) is 0 Å². The largest absolute Gasteiger partial charge is 0.456 e. The van der Waals surface area contributed by atoms with Crippen LogP contribution in [0.3, 0.4) is 0 Å². The van der Waals surface area contributed by atoms with Crippen LogP contribution < -0.4 is 4.90 Å². The van der Waals surface area contributed by atoms with Gasteiger partial charge >= 0.3 is 0 Å². The van der Waals surface area contributed by atoms with Crippen molar-refractivity contribution in [3.8, 4) is 34.2 Å². The number of nitrogens with zero attached hydrogens (tertiary/aromatic N) is 4. The SMILES string of the molecule is C1=CC2C(c3ccccc3N2c2ccccc2)c2c1oc1ccc(-c3nc(-c4ccccc4)nc(-c4cccc5sc6ccccc6c45)n3)cc21. The van der Waals surface area contributed by atoms with Crippen molar-refractivity contribution < 1.29 is 4.42 Å². The first-order valence-corrected chi connectivity index (χ1v) is 18.0. The molecule has 2 atom stereocenters. The second kappa shape index (κ2) is 11.1. The molecule has 0 bridgehead atoms. The monoisotopic (exact) mass is 672 g/mol. The molecule has 1 aliphatic carbocycles. The first-order valence-electron chi connectivity index (χ1n) is 17.2. The fraction of sp³-hybridized carbons (Fsp3) is 0.0444. The van der Waals surface area contributed by atoms with Crippen molar-refractivity contribution in [2.75, 3.05) is 4.90 Å². The summed E-state index contributed by atoms with van der Waals surface area (Å²) in [5.41, 5.74) is 8.65. The smallest absolute Gasteiger partial charge is 0.164 e. The maximum Gasteiger partial charge on any atom is 0.164 e. The van der Waals surface area contributed by atoms with Crippen molar-refractivity contribution in [3.63, 3.8) is 0 Å². The topological polar surface area (TPSA) is 55.1 Å². The van der Waals surface area contributed by atoms with E-state index in [0.717, 1.165) is 33.4 Å². The molecule has 11 rings (SSSR count). The predicted molar refractivity (Wildman–Crippen MR) is 208 cm³/mol. The Morgan fingerprint density at radius 3 is 2.20 bits per heavy atom. The van der Waals surface area contributed by atoms with Crippen molar-refractivity contribution >= 4 is 59.9 Å². The van der Waals surface area contributed by atoms with Crippen molar-refractivity contribution in [2.45, 2.75) is 12.0 Å². The lowest BCUT2D eigenvalue weighted by molar-refractivity contribution is 0.584. The lowest BCUT2D eigenvalue weighted by Gasteiger charge is -2.30. The molecule has 6 heteroatoms. The Hall–Kier alpha value is -6.37. The molecule has 0 saturated heterocycles. The summed E-state index contributed by atoms with van der Waals surface area (Å²) >= 11 is 1.80. The Morgan fingerprint density at radius 2 is 1.31 bits per heavy atom. The van der Waals surface area contributed by atoms with Crippen LogP contribution in [0.5, 0.6) is 0 Å². The number of thiophene rings is 1. The van der Waals surface area contributed by atoms with Crippen LogP contribution in [-0.2, 0) is 0 Å². The molecule has 0 spiro atoms. The normalized spacial score (nSPS) is 16.1. The first kappa shape index (κ1) is 28.5. The van der Waals surface area contributed by atoms with Crippen molar-refractivity contribution in [1.82, 2.24) is 15.0 Å². The Labute approximate surface area is 297 Å². The maximum absolute atomic E-state index is 6.55. The van der Waals surface area contributed by atoms with E-state index in [-0.39, 0.29) is 12.0 Å². The zero-order chi connectivity index (χ0) is 33.5. The van der Waals surface area contributed by atoms with E-state index in [1.165, 1.54) is 42.7 Å². The Morgan fingerprint density at radius 1 is 0.588 bits per heavy atom. The Balaban J connectivity index is 1.11. The van der Waals surface area contributed by atoms with E-state index in [0.29, 0.717) is 17.5 Å². The molecule has 0 amide bonds. The minimum absolute atomic E-state index is 0.108. The molecule has 9 aromatic rings. The van der Waals surface area contributed by atoms with Crippen molar-refractivity contribution in [1.29, 1.82) is 0 Å². The number of rotatable bonds is 4. The zero-order valence-electron chi connectivity index (χ0n) is 27.3. The van der Waals surface area contributed by atoms with Crippen LogP contribution in [0.25, 0.3) is 71.4 Å². The van der Waals surface area contributed by atoms with Crippen LogP contribution in [0, 0.1) is 0 Å². The number of benzene rings is 6. The lowest BCUT2D eigenvalue weighted by atomic mass is 9.82. The number of hydrogen-bond acceptors (Lipinski definition) is 6. The van der Waals surface area contributed by atoms with Crippen LogP contribution in [0.4, 0.5) is 11.4 Å².